The summed E-state index contributed by atoms with van der Waals surface area (Å²) in [6.45, 7) is 0.453. The summed E-state index contributed by atoms with van der Waals surface area (Å²) in [5.74, 6) is 0.0554. The Balaban J connectivity index is 1.43. The number of fused-ring (bicyclic) bond motifs is 1. The van der Waals surface area contributed by atoms with Gasteiger partial charge in [0.25, 0.3) is 0 Å². The largest absolute Gasteiger partial charge is 0.401 e. The number of rotatable bonds is 5. The number of benzene rings is 1. The topological polar surface area (TPSA) is 32.3 Å². The van der Waals surface area contributed by atoms with Crippen LogP contribution in [-0.4, -0.2) is 43.2 Å². The van der Waals surface area contributed by atoms with E-state index in [0.29, 0.717) is 32.5 Å². The number of nitrogens with one attached hydrogen (secondary N) is 1. The van der Waals surface area contributed by atoms with E-state index in [1.807, 2.05) is 6.07 Å². The highest BCUT2D eigenvalue weighted by molar-refractivity contribution is 5.78. The molecule has 1 heterocycles. The lowest BCUT2D eigenvalue weighted by molar-refractivity contribution is -0.143. The zero-order chi connectivity index (χ0) is 17.9. The fourth-order valence-electron chi connectivity index (χ4n) is 3.88. The molecule has 25 heavy (non-hydrogen) atoms. The fourth-order valence-corrected chi connectivity index (χ4v) is 3.88. The van der Waals surface area contributed by atoms with Gasteiger partial charge >= 0.3 is 6.18 Å². The second-order valence-corrected chi connectivity index (χ2v) is 7.30. The minimum Gasteiger partial charge on any atom is -0.355 e. The molecule has 1 aromatic carbocycles. The predicted molar refractivity (Wildman–Crippen MR) is 90.4 cm³/mol. The van der Waals surface area contributed by atoms with Crippen molar-refractivity contribution in [2.24, 2.45) is 5.92 Å². The van der Waals surface area contributed by atoms with Crippen molar-refractivity contribution in [3.63, 3.8) is 0 Å². The highest BCUT2D eigenvalue weighted by Crippen LogP contribution is 2.23. The van der Waals surface area contributed by atoms with Gasteiger partial charge in [0.1, 0.15) is 0 Å². The molecule has 1 fully saturated rings. The van der Waals surface area contributed by atoms with E-state index >= 15 is 0 Å². The van der Waals surface area contributed by atoms with E-state index < -0.39 is 12.7 Å². The standard InChI is InChI=1S/C19H25F3N2O/c20-19(21,22)13-24-8-7-15(12-24)11-23-18(25)10-14-5-6-16-3-1-2-4-17(16)9-14/h5-6,9,15H,1-4,7-8,10-13H2,(H,23,25). The van der Waals surface area contributed by atoms with Crippen LogP contribution in [-0.2, 0) is 24.1 Å². The van der Waals surface area contributed by atoms with E-state index in [4.69, 9.17) is 0 Å². The first-order valence-corrected chi connectivity index (χ1v) is 9.05. The predicted octanol–water partition coefficient (Wildman–Crippen LogP) is 3.11. The van der Waals surface area contributed by atoms with Gasteiger partial charge in [-0.05, 0) is 61.3 Å². The Morgan fingerprint density at radius 3 is 2.72 bits per heavy atom. The Kier molecular flexibility index (Phi) is 5.67. The minimum atomic E-state index is -4.15. The average molecular weight is 354 g/mol. The third-order valence-electron chi connectivity index (χ3n) is 5.14. The van der Waals surface area contributed by atoms with Gasteiger partial charge in [-0.1, -0.05) is 18.2 Å². The number of hydrogen-bond donors (Lipinski definition) is 1. The van der Waals surface area contributed by atoms with Gasteiger partial charge < -0.3 is 5.32 Å². The first-order chi connectivity index (χ1) is 11.9. The molecule has 138 valence electrons. The Morgan fingerprint density at radius 2 is 1.96 bits per heavy atom. The van der Waals surface area contributed by atoms with Crippen molar-refractivity contribution < 1.29 is 18.0 Å². The second-order valence-electron chi connectivity index (χ2n) is 7.30. The molecule has 1 aromatic rings. The Morgan fingerprint density at radius 1 is 1.20 bits per heavy atom. The van der Waals surface area contributed by atoms with Crippen LogP contribution in [0.15, 0.2) is 18.2 Å². The molecule has 1 N–H and O–H groups in total. The van der Waals surface area contributed by atoms with Gasteiger partial charge in [-0.15, -0.1) is 0 Å². The first-order valence-electron chi connectivity index (χ1n) is 9.05. The number of carbonyl (C=O) groups excluding carboxylic acids is 1. The third kappa shape index (κ3) is 5.46. The zero-order valence-electron chi connectivity index (χ0n) is 14.4. The molecule has 1 aliphatic heterocycles. The number of nitrogens with zero attached hydrogens (tertiary/aromatic N) is 1. The number of amides is 1. The van der Waals surface area contributed by atoms with E-state index in [1.54, 1.807) is 0 Å². The molecular formula is C19H25F3N2O. The van der Waals surface area contributed by atoms with Gasteiger partial charge in [0.15, 0.2) is 0 Å². The highest BCUT2D eigenvalue weighted by atomic mass is 19.4. The van der Waals surface area contributed by atoms with Crippen LogP contribution in [0.2, 0.25) is 0 Å². The van der Waals surface area contributed by atoms with Gasteiger partial charge in [-0.2, -0.15) is 13.2 Å². The molecule has 1 atom stereocenters. The van der Waals surface area contributed by atoms with Gasteiger partial charge in [0.05, 0.1) is 13.0 Å². The van der Waals surface area contributed by atoms with Crippen LogP contribution < -0.4 is 5.32 Å². The molecule has 0 radical (unpaired) electrons. The quantitative estimate of drug-likeness (QED) is 0.881. The summed E-state index contributed by atoms with van der Waals surface area (Å²) in [6, 6.07) is 6.28. The second kappa shape index (κ2) is 7.77. The van der Waals surface area contributed by atoms with Crippen LogP contribution in [0, 0.1) is 5.92 Å². The molecule has 0 bridgehead atoms. The molecule has 1 saturated heterocycles. The van der Waals surface area contributed by atoms with Gasteiger partial charge in [-0.25, -0.2) is 0 Å². The number of likely N-dealkylation sites (tertiary alicyclic amines) is 1. The van der Waals surface area contributed by atoms with Crippen molar-refractivity contribution >= 4 is 5.91 Å². The fraction of sp³-hybridized carbons (Fsp3) is 0.632. The van der Waals surface area contributed by atoms with E-state index in [0.717, 1.165) is 18.4 Å². The van der Waals surface area contributed by atoms with Crippen molar-refractivity contribution in [1.29, 1.82) is 0 Å². The Hall–Kier alpha value is -1.56. The maximum atomic E-state index is 12.4. The summed E-state index contributed by atoms with van der Waals surface area (Å²) >= 11 is 0. The summed E-state index contributed by atoms with van der Waals surface area (Å²) in [4.78, 5) is 13.6. The van der Waals surface area contributed by atoms with Crippen LogP contribution in [0.5, 0.6) is 0 Å². The van der Waals surface area contributed by atoms with Gasteiger partial charge in [0.2, 0.25) is 5.91 Å². The molecule has 1 aliphatic carbocycles. The smallest absolute Gasteiger partial charge is 0.355 e. The van der Waals surface area contributed by atoms with Crippen molar-refractivity contribution in [2.45, 2.75) is 44.7 Å². The molecule has 1 unspecified atom stereocenters. The van der Waals surface area contributed by atoms with E-state index in [1.165, 1.54) is 28.9 Å². The molecular weight excluding hydrogens is 329 g/mol. The molecule has 6 heteroatoms. The number of halogens is 3. The SMILES string of the molecule is O=C(Cc1ccc2c(c1)CCCC2)NCC1CCN(CC(F)(F)F)C1. The Bertz CT molecular complexity index is 615. The summed E-state index contributed by atoms with van der Waals surface area (Å²) in [7, 11) is 0. The van der Waals surface area contributed by atoms with Crippen LogP contribution in [0.4, 0.5) is 13.2 Å². The van der Waals surface area contributed by atoms with Crippen LogP contribution >= 0.6 is 0 Å². The zero-order valence-corrected chi connectivity index (χ0v) is 14.4. The number of aryl methyl sites for hydroxylation is 2. The number of carbonyl (C=O) groups is 1. The highest BCUT2D eigenvalue weighted by Gasteiger charge is 2.34. The summed E-state index contributed by atoms with van der Waals surface area (Å²) in [5.41, 5.74) is 3.77. The molecule has 0 saturated carbocycles. The molecule has 3 nitrogen and oxygen atoms in total. The van der Waals surface area contributed by atoms with Crippen molar-refractivity contribution in [2.75, 3.05) is 26.2 Å². The number of hydrogen-bond acceptors (Lipinski definition) is 2. The van der Waals surface area contributed by atoms with E-state index in [2.05, 4.69) is 17.4 Å². The van der Waals surface area contributed by atoms with Gasteiger partial charge in [-0.3, -0.25) is 9.69 Å². The molecule has 3 rings (SSSR count). The number of alkyl halides is 3. The van der Waals surface area contributed by atoms with Crippen molar-refractivity contribution in [1.82, 2.24) is 10.2 Å². The first kappa shape index (κ1) is 18.2. The van der Waals surface area contributed by atoms with E-state index in [9.17, 15) is 18.0 Å². The molecule has 0 aromatic heterocycles. The lowest BCUT2D eigenvalue weighted by Crippen LogP contribution is -2.35. The molecule has 0 spiro atoms. The normalized spacial score (nSPS) is 21.2. The Labute approximate surface area is 146 Å². The summed E-state index contributed by atoms with van der Waals surface area (Å²) < 4.78 is 37.2. The lowest BCUT2D eigenvalue weighted by atomic mass is 9.90. The van der Waals surface area contributed by atoms with Gasteiger partial charge in [0, 0.05) is 13.1 Å². The van der Waals surface area contributed by atoms with Crippen LogP contribution in [0.3, 0.4) is 0 Å². The molecule has 1 amide bonds. The van der Waals surface area contributed by atoms with Crippen molar-refractivity contribution in [3.05, 3.63) is 34.9 Å². The lowest BCUT2D eigenvalue weighted by Gasteiger charge is -2.18. The summed E-state index contributed by atoms with van der Waals surface area (Å²) in [5, 5.41) is 2.89. The third-order valence-corrected chi connectivity index (χ3v) is 5.14. The maximum Gasteiger partial charge on any atom is 0.401 e. The van der Waals surface area contributed by atoms with Crippen molar-refractivity contribution in [3.8, 4) is 0 Å². The average Bonchev–Trinajstić information content (AvgIpc) is 2.98. The summed E-state index contributed by atoms with van der Waals surface area (Å²) in [6.07, 6.45) is 1.55. The maximum absolute atomic E-state index is 12.4. The van der Waals surface area contributed by atoms with E-state index in [-0.39, 0.29) is 11.8 Å². The minimum absolute atomic E-state index is 0.0509. The monoisotopic (exact) mass is 354 g/mol. The molecule has 2 aliphatic rings. The van der Waals surface area contributed by atoms with Crippen LogP contribution in [0.25, 0.3) is 0 Å². The van der Waals surface area contributed by atoms with Crippen LogP contribution in [0.1, 0.15) is 36.0 Å².